The molecule has 0 bridgehead atoms. The van der Waals surface area contributed by atoms with Gasteiger partial charge in [-0.1, -0.05) is 6.07 Å². The van der Waals surface area contributed by atoms with Crippen LogP contribution in [0.4, 0.5) is 4.39 Å². The molecule has 0 heterocycles. The maximum Gasteiger partial charge on any atom is 0.191 e. The highest BCUT2D eigenvalue weighted by Gasteiger charge is 2.18. The summed E-state index contributed by atoms with van der Waals surface area (Å²) in [4.78, 5) is 4.58. The molecular weight excluding hydrogens is 357 g/mol. The van der Waals surface area contributed by atoms with Crippen LogP contribution in [-0.4, -0.2) is 40.0 Å². The van der Waals surface area contributed by atoms with Crippen LogP contribution in [0.2, 0.25) is 0 Å². The second-order valence-electron chi connectivity index (χ2n) is 6.63. The zero-order chi connectivity index (χ0) is 18.9. The van der Waals surface area contributed by atoms with Crippen molar-refractivity contribution in [2.45, 2.75) is 44.7 Å². The molecule has 0 spiro atoms. The Morgan fingerprint density at radius 3 is 2.60 bits per heavy atom. The maximum atomic E-state index is 13.4. The zero-order valence-corrected chi connectivity index (χ0v) is 17.5. The number of guanidine groups is 1. The molecule has 0 aliphatic carbocycles. The second-order valence-corrected chi connectivity index (χ2v) is 9.82. The number of aliphatic imine (C=N–C) groups is 1. The van der Waals surface area contributed by atoms with Crippen molar-refractivity contribution < 1.29 is 8.60 Å². The van der Waals surface area contributed by atoms with Crippen molar-refractivity contribution in [2.75, 3.05) is 25.1 Å². The van der Waals surface area contributed by atoms with E-state index in [2.05, 4.69) is 15.6 Å². The molecule has 142 valence electrons. The van der Waals surface area contributed by atoms with Gasteiger partial charge in [-0.05, 0) is 57.2 Å². The molecule has 1 atom stereocenters. The SMILES string of the molecule is CCNC(=NCc1ccc(F)cc1CSC)NCCS(=O)C(C)(C)C. The molecule has 0 saturated heterocycles. The number of thioether (sulfide) groups is 1. The van der Waals surface area contributed by atoms with Crippen molar-refractivity contribution in [3.63, 3.8) is 0 Å². The van der Waals surface area contributed by atoms with E-state index < -0.39 is 10.8 Å². The summed E-state index contributed by atoms with van der Waals surface area (Å²) in [6.07, 6.45) is 2.00. The summed E-state index contributed by atoms with van der Waals surface area (Å²) in [6, 6.07) is 4.85. The third-order valence-electron chi connectivity index (χ3n) is 3.48. The average Bonchev–Trinajstić information content (AvgIpc) is 2.53. The predicted octanol–water partition coefficient (Wildman–Crippen LogP) is 3.29. The number of nitrogens with zero attached hydrogens (tertiary/aromatic N) is 1. The van der Waals surface area contributed by atoms with Gasteiger partial charge in [0.15, 0.2) is 5.96 Å². The van der Waals surface area contributed by atoms with E-state index in [9.17, 15) is 8.60 Å². The molecule has 1 unspecified atom stereocenters. The van der Waals surface area contributed by atoms with Gasteiger partial charge in [-0.15, -0.1) is 0 Å². The first kappa shape index (κ1) is 22.0. The molecule has 0 aliphatic rings. The molecule has 2 N–H and O–H groups in total. The number of hydrogen-bond donors (Lipinski definition) is 2. The lowest BCUT2D eigenvalue weighted by molar-refractivity contribution is 0.625. The molecule has 4 nitrogen and oxygen atoms in total. The summed E-state index contributed by atoms with van der Waals surface area (Å²) in [5.74, 6) is 1.80. The van der Waals surface area contributed by atoms with Gasteiger partial charge in [-0.2, -0.15) is 11.8 Å². The van der Waals surface area contributed by atoms with E-state index in [1.54, 1.807) is 23.9 Å². The second kappa shape index (κ2) is 10.8. The normalized spacial score (nSPS) is 13.6. The van der Waals surface area contributed by atoms with E-state index >= 15 is 0 Å². The van der Waals surface area contributed by atoms with Gasteiger partial charge in [0, 0.05) is 40.1 Å². The Balaban J connectivity index is 2.71. The number of nitrogens with one attached hydrogen (secondary N) is 2. The summed E-state index contributed by atoms with van der Waals surface area (Å²) < 4.78 is 25.3. The Morgan fingerprint density at radius 1 is 1.28 bits per heavy atom. The predicted molar refractivity (Wildman–Crippen MR) is 109 cm³/mol. The lowest BCUT2D eigenvalue weighted by Gasteiger charge is -2.18. The third-order valence-corrected chi connectivity index (χ3v) is 6.02. The van der Waals surface area contributed by atoms with Gasteiger partial charge in [-0.25, -0.2) is 9.38 Å². The quantitative estimate of drug-likeness (QED) is 0.531. The van der Waals surface area contributed by atoms with Crippen LogP contribution in [0, 0.1) is 5.82 Å². The fraction of sp³-hybridized carbons (Fsp3) is 0.611. The molecule has 0 saturated carbocycles. The molecule has 0 amide bonds. The fourth-order valence-electron chi connectivity index (χ4n) is 2.11. The first-order valence-electron chi connectivity index (χ1n) is 8.44. The van der Waals surface area contributed by atoms with Crippen LogP contribution in [0.5, 0.6) is 0 Å². The molecular formula is C18H30FN3OS2. The topological polar surface area (TPSA) is 53.5 Å². The minimum atomic E-state index is -0.896. The van der Waals surface area contributed by atoms with Crippen molar-refractivity contribution in [3.05, 3.63) is 35.1 Å². The van der Waals surface area contributed by atoms with Crippen molar-refractivity contribution in [1.29, 1.82) is 0 Å². The number of benzene rings is 1. The van der Waals surface area contributed by atoms with E-state index in [1.807, 2.05) is 34.0 Å². The molecule has 1 aromatic rings. The van der Waals surface area contributed by atoms with Crippen LogP contribution in [-0.2, 0) is 23.1 Å². The summed E-state index contributed by atoms with van der Waals surface area (Å²) in [7, 11) is -0.896. The van der Waals surface area contributed by atoms with Crippen LogP contribution >= 0.6 is 11.8 Å². The number of hydrogen-bond acceptors (Lipinski definition) is 3. The van der Waals surface area contributed by atoms with E-state index in [0.717, 1.165) is 23.4 Å². The Bertz CT molecular complexity index is 600. The molecule has 1 rings (SSSR count). The smallest absolute Gasteiger partial charge is 0.191 e. The van der Waals surface area contributed by atoms with Crippen LogP contribution in [0.15, 0.2) is 23.2 Å². The van der Waals surface area contributed by atoms with Gasteiger partial charge in [0.05, 0.1) is 6.54 Å². The Hall–Kier alpha value is -1.08. The first-order valence-corrected chi connectivity index (χ1v) is 11.2. The summed E-state index contributed by atoms with van der Waals surface area (Å²) in [5.41, 5.74) is 1.99. The number of rotatable bonds is 8. The highest BCUT2D eigenvalue weighted by atomic mass is 32.2. The molecule has 7 heteroatoms. The maximum absolute atomic E-state index is 13.4. The van der Waals surface area contributed by atoms with Gasteiger partial charge >= 0.3 is 0 Å². The van der Waals surface area contributed by atoms with Crippen LogP contribution in [0.3, 0.4) is 0 Å². The minimum Gasteiger partial charge on any atom is -0.357 e. The van der Waals surface area contributed by atoms with E-state index in [1.165, 1.54) is 6.07 Å². The van der Waals surface area contributed by atoms with Gasteiger partial charge in [0.25, 0.3) is 0 Å². The molecule has 0 radical (unpaired) electrons. The van der Waals surface area contributed by atoms with E-state index in [-0.39, 0.29) is 10.6 Å². The van der Waals surface area contributed by atoms with Gasteiger partial charge < -0.3 is 10.6 Å². The summed E-state index contributed by atoms with van der Waals surface area (Å²) in [6.45, 7) is 9.75. The van der Waals surface area contributed by atoms with Crippen LogP contribution in [0.25, 0.3) is 0 Å². The Labute approximate surface area is 157 Å². The van der Waals surface area contributed by atoms with Crippen molar-refractivity contribution in [1.82, 2.24) is 10.6 Å². The van der Waals surface area contributed by atoms with E-state index in [0.29, 0.717) is 24.8 Å². The van der Waals surface area contributed by atoms with Gasteiger partial charge in [0.2, 0.25) is 0 Å². The molecule has 25 heavy (non-hydrogen) atoms. The molecule has 0 aromatic heterocycles. The van der Waals surface area contributed by atoms with Crippen LogP contribution in [0.1, 0.15) is 38.8 Å². The minimum absolute atomic E-state index is 0.210. The summed E-state index contributed by atoms with van der Waals surface area (Å²) >= 11 is 1.66. The Morgan fingerprint density at radius 2 is 2.00 bits per heavy atom. The zero-order valence-electron chi connectivity index (χ0n) is 15.8. The number of halogens is 1. The lowest BCUT2D eigenvalue weighted by atomic mass is 10.1. The third kappa shape index (κ3) is 8.23. The highest BCUT2D eigenvalue weighted by Crippen LogP contribution is 2.17. The average molecular weight is 388 g/mol. The monoisotopic (exact) mass is 387 g/mol. The molecule has 1 aromatic carbocycles. The Kier molecular flexibility index (Phi) is 9.50. The van der Waals surface area contributed by atoms with Gasteiger partial charge in [0.1, 0.15) is 5.82 Å². The van der Waals surface area contributed by atoms with Crippen molar-refractivity contribution >= 4 is 28.5 Å². The highest BCUT2D eigenvalue weighted by molar-refractivity contribution is 7.97. The molecule has 0 aliphatic heterocycles. The molecule has 0 fully saturated rings. The largest absolute Gasteiger partial charge is 0.357 e. The van der Waals surface area contributed by atoms with Crippen molar-refractivity contribution in [3.8, 4) is 0 Å². The standard InChI is InChI=1S/C18H30FN3OS2/c1-6-20-17(21-9-10-25(23)18(2,3)4)22-12-14-7-8-16(19)11-15(14)13-24-5/h7-8,11H,6,9-10,12-13H2,1-5H3,(H2,20,21,22). The first-order chi connectivity index (χ1) is 11.8. The lowest BCUT2D eigenvalue weighted by Crippen LogP contribution is -2.40. The summed E-state index contributed by atoms with van der Waals surface area (Å²) in [5, 5.41) is 6.41. The fourth-order valence-corrected chi connectivity index (χ4v) is 3.59. The van der Waals surface area contributed by atoms with Crippen molar-refractivity contribution in [2.24, 2.45) is 4.99 Å². The van der Waals surface area contributed by atoms with E-state index in [4.69, 9.17) is 0 Å². The van der Waals surface area contributed by atoms with Crippen LogP contribution < -0.4 is 10.6 Å². The van der Waals surface area contributed by atoms with Gasteiger partial charge in [-0.3, -0.25) is 4.21 Å².